The van der Waals surface area contributed by atoms with Crippen LogP contribution in [0.2, 0.25) is 5.15 Å². The van der Waals surface area contributed by atoms with Gasteiger partial charge in [-0.3, -0.25) is 0 Å². The summed E-state index contributed by atoms with van der Waals surface area (Å²) in [6, 6.07) is 3.58. The highest BCUT2D eigenvalue weighted by Crippen LogP contribution is 2.10. The molecule has 0 bridgehead atoms. The van der Waals surface area contributed by atoms with Crippen LogP contribution in [0, 0.1) is 0 Å². The fourth-order valence-corrected chi connectivity index (χ4v) is 1.72. The first-order valence-electron chi connectivity index (χ1n) is 4.65. The standard InChI is InChI=1S/C10H15ClN2OS/c1-10(2,3)15(14)13-7-8-4-5-9(11)12-6-8/h4-6,13H,7H2,1-3H3. The van der Waals surface area contributed by atoms with Crippen LogP contribution < -0.4 is 4.72 Å². The maximum atomic E-state index is 11.7. The number of nitrogens with one attached hydrogen (secondary N) is 1. The Morgan fingerprint density at radius 3 is 2.60 bits per heavy atom. The Kier molecular flexibility index (Phi) is 4.25. The summed E-state index contributed by atoms with van der Waals surface area (Å²) in [4.78, 5) is 3.95. The zero-order valence-corrected chi connectivity index (χ0v) is 10.7. The predicted octanol–water partition coefficient (Wildman–Crippen LogP) is 2.29. The molecule has 0 saturated carbocycles. The SMILES string of the molecule is CC(C)(C)S(=O)NCc1ccc(Cl)nc1. The van der Waals surface area contributed by atoms with Crippen LogP contribution >= 0.6 is 11.6 Å². The van der Waals surface area contributed by atoms with Crippen molar-refractivity contribution in [3.8, 4) is 0 Å². The normalized spacial score (nSPS) is 13.9. The monoisotopic (exact) mass is 246 g/mol. The molecule has 1 unspecified atom stereocenters. The summed E-state index contributed by atoms with van der Waals surface area (Å²) >= 11 is 5.66. The van der Waals surface area contributed by atoms with Crippen molar-refractivity contribution in [1.29, 1.82) is 0 Å². The molecule has 0 saturated heterocycles. The largest absolute Gasteiger partial charge is 0.244 e. The fraction of sp³-hybridized carbons (Fsp3) is 0.500. The molecule has 84 valence electrons. The van der Waals surface area contributed by atoms with Crippen LogP contribution in [-0.2, 0) is 17.5 Å². The molecule has 15 heavy (non-hydrogen) atoms. The van der Waals surface area contributed by atoms with Crippen LogP contribution in [0.15, 0.2) is 18.3 Å². The predicted molar refractivity (Wildman–Crippen MR) is 64.0 cm³/mol. The van der Waals surface area contributed by atoms with E-state index in [0.29, 0.717) is 11.7 Å². The van der Waals surface area contributed by atoms with Gasteiger partial charge in [-0.05, 0) is 32.4 Å². The van der Waals surface area contributed by atoms with E-state index in [2.05, 4.69) is 9.71 Å². The number of rotatable bonds is 3. The van der Waals surface area contributed by atoms with Gasteiger partial charge in [0.25, 0.3) is 0 Å². The molecular formula is C10H15ClN2OS. The third-order valence-electron chi connectivity index (χ3n) is 1.75. The van der Waals surface area contributed by atoms with Gasteiger partial charge in [-0.25, -0.2) is 13.9 Å². The Balaban J connectivity index is 2.51. The van der Waals surface area contributed by atoms with Gasteiger partial charge in [-0.2, -0.15) is 0 Å². The van der Waals surface area contributed by atoms with Gasteiger partial charge in [0.2, 0.25) is 0 Å². The quantitative estimate of drug-likeness (QED) is 0.832. The zero-order valence-electron chi connectivity index (χ0n) is 9.08. The third-order valence-corrected chi connectivity index (χ3v) is 3.49. The summed E-state index contributed by atoms with van der Waals surface area (Å²) in [7, 11) is -1.05. The zero-order chi connectivity index (χ0) is 11.5. The summed E-state index contributed by atoms with van der Waals surface area (Å²) in [5.74, 6) is 0. The Morgan fingerprint density at radius 2 is 2.13 bits per heavy atom. The first-order valence-corrected chi connectivity index (χ1v) is 6.18. The number of hydrogen-bond acceptors (Lipinski definition) is 2. The maximum Gasteiger partial charge on any atom is 0.129 e. The molecule has 0 fully saturated rings. The van der Waals surface area contributed by atoms with Crippen LogP contribution in [0.5, 0.6) is 0 Å². The minimum absolute atomic E-state index is 0.250. The summed E-state index contributed by atoms with van der Waals surface area (Å²) in [5.41, 5.74) is 0.969. The number of pyridine rings is 1. The van der Waals surface area contributed by atoms with Crippen LogP contribution in [0.4, 0.5) is 0 Å². The molecule has 1 atom stereocenters. The van der Waals surface area contributed by atoms with Crippen LogP contribution in [0.3, 0.4) is 0 Å². The van der Waals surface area contributed by atoms with Crippen LogP contribution in [0.25, 0.3) is 0 Å². The van der Waals surface area contributed by atoms with Crippen molar-refractivity contribution in [1.82, 2.24) is 9.71 Å². The lowest BCUT2D eigenvalue weighted by Crippen LogP contribution is -2.32. The van der Waals surface area contributed by atoms with Gasteiger partial charge in [-0.1, -0.05) is 17.7 Å². The Bertz CT molecular complexity index is 345. The van der Waals surface area contributed by atoms with Crippen LogP contribution in [-0.4, -0.2) is 13.9 Å². The van der Waals surface area contributed by atoms with Gasteiger partial charge in [0, 0.05) is 12.7 Å². The molecule has 1 rings (SSSR count). The van der Waals surface area contributed by atoms with E-state index in [1.165, 1.54) is 0 Å². The lowest BCUT2D eigenvalue weighted by atomic mass is 10.3. The minimum Gasteiger partial charge on any atom is -0.244 e. The molecule has 1 N–H and O–H groups in total. The number of nitrogens with zero attached hydrogens (tertiary/aromatic N) is 1. The van der Waals surface area contributed by atoms with E-state index in [4.69, 9.17) is 11.6 Å². The van der Waals surface area contributed by atoms with E-state index in [1.54, 1.807) is 12.3 Å². The molecule has 0 aromatic carbocycles. The number of hydrogen-bond donors (Lipinski definition) is 1. The number of halogens is 1. The second kappa shape index (κ2) is 5.05. The highest BCUT2D eigenvalue weighted by Gasteiger charge is 2.18. The van der Waals surface area contributed by atoms with Gasteiger partial charge in [0.1, 0.15) is 5.15 Å². The van der Waals surface area contributed by atoms with E-state index in [1.807, 2.05) is 26.8 Å². The first-order chi connectivity index (χ1) is 6.89. The van der Waals surface area contributed by atoms with E-state index in [-0.39, 0.29) is 4.75 Å². The van der Waals surface area contributed by atoms with Gasteiger partial charge in [-0.15, -0.1) is 0 Å². The van der Waals surface area contributed by atoms with Crippen molar-refractivity contribution in [2.24, 2.45) is 0 Å². The molecule has 1 aromatic rings. The van der Waals surface area contributed by atoms with Gasteiger partial charge in [0.05, 0.1) is 15.7 Å². The van der Waals surface area contributed by atoms with E-state index in [9.17, 15) is 4.21 Å². The topological polar surface area (TPSA) is 42.0 Å². The van der Waals surface area contributed by atoms with Crippen molar-refractivity contribution in [3.05, 3.63) is 29.0 Å². The molecule has 0 aliphatic heterocycles. The first kappa shape index (κ1) is 12.6. The second-order valence-corrected chi connectivity index (χ2v) is 6.63. The maximum absolute atomic E-state index is 11.7. The van der Waals surface area contributed by atoms with Crippen molar-refractivity contribution >= 4 is 22.6 Å². The summed E-state index contributed by atoms with van der Waals surface area (Å²) in [5, 5.41) is 0.468. The highest BCUT2D eigenvalue weighted by molar-refractivity contribution is 7.84. The smallest absolute Gasteiger partial charge is 0.129 e. The van der Waals surface area contributed by atoms with Gasteiger partial charge >= 0.3 is 0 Å². The third kappa shape index (κ3) is 4.28. The molecule has 0 aliphatic carbocycles. The molecule has 1 aromatic heterocycles. The molecule has 0 radical (unpaired) electrons. The highest BCUT2D eigenvalue weighted by atomic mass is 35.5. The van der Waals surface area contributed by atoms with Crippen molar-refractivity contribution < 1.29 is 4.21 Å². The molecule has 1 heterocycles. The second-order valence-electron chi connectivity index (χ2n) is 4.19. The average Bonchev–Trinajstić information content (AvgIpc) is 2.15. The lowest BCUT2D eigenvalue weighted by Gasteiger charge is -2.17. The van der Waals surface area contributed by atoms with Gasteiger partial charge in [0.15, 0.2) is 0 Å². The lowest BCUT2D eigenvalue weighted by molar-refractivity contribution is 0.635. The van der Waals surface area contributed by atoms with Gasteiger partial charge < -0.3 is 0 Å². The van der Waals surface area contributed by atoms with Crippen molar-refractivity contribution in [2.45, 2.75) is 32.1 Å². The Hall–Kier alpha value is -0.450. The van der Waals surface area contributed by atoms with E-state index >= 15 is 0 Å². The molecule has 0 aliphatic rings. The minimum atomic E-state index is -1.05. The summed E-state index contributed by atoms with van der Waals surface area (Å²) in [6.07, 6.45) is 1.68. The fourth-order valence-electron chi connectivity index (χ4n) is 0.876. The Morgan fingerprint density at radius 1 is 1.47 bits per heavy atom. The summed E-state index contributed by atoms with van der Waals surface area (Å²) < 4.78 is 14.4. The molecular weight excluding hydrogens is 232 g/mol. The Labute approximate surface area is 97.8 Å². The van der Waals surface area contributed by atoms with Crippen LogP contribution in [0.1, 0.15) is 26.3 Å². The molecule has 0 spiro atoms. The van der Waals surface area contributed by atoms with E-state index < -0.39 is 11.0 Å². The van der Waals surface area contributed by atoms with E-state index in [0.717, 1.165) is 5.56 Å². The summed E-state index contributed by atoms with van der Waals surface area (Å²) in [6.45, 7) is 6.32. The van der Waals surface area contributed by atoms with Crippen molar-refractivity contribution in [2.75, 3.05) is 0 Å². The average molecular weight is 247 g/mol. The molecule has 3 nitrogen and oxygen atoms in total. The number of aromatic nitrogens is 1. The van der Waals surface area contributed by atoms with Crippen molar-refractivity contribution in [3.63, 3.8) is 0 Å². The molecule has 5 heteroatoms. The molecule has 0 amide bonds.